The maximum atomic E-state index is 5.58. The van der Waals surface area contributed by atoms with Crippen molar-refractivity contribution in [1.82, 2.24) is 9.62 Å². The standard InChI is InChI=1S/C9H14N4S2/c1-6-11-7(10)4-5-13(6)9-3-2-8(12-14)15-9/h4-5,8-9,12,14H,1-3H2,(H2,10,11). The number of nitrogens with zero attached hydrogens (tertiary/aromatic N) is 2. The van der Waals surface area contributed by atoms with Gasteiger partial charge in [-0.15, -0.1) is 11.8 Å². The molecule has 2 unspecified atom stereocenters. The molecule has 0 amide bonds. The molecule has 0 aliphatic carbocycles. The van der Waals surface area contributed by atoms with Crippen LogP contribution in [0.4, 0.5) is 0 Å². The second-order valence-corrected chi connectivity index (χ2v) is 5.11. The zero-order valence-corrected chi connectivity index (χ0v) is 9.97. The summed E-state index contributed by atoms with van der Waals surface area (Å²) >= 11 is 5.92. The summed E-state index contributed by atoms with van der Waals surface area (Å²) in [5.41, 5.74) is 5.58. The normalized spacial score (nSPS) is 30.9. The Morgan fingerprint density at radius 3 is 3.07 bits per heavy atom. The third kappa shape index (κ3) is 2.32. The summed E-state index contributed by atoms with van der Waals surface area (Å²) in [6.45, 7) is 3.90. The fourth-order valence-electron chi connectivity index (χ4n) is 1.67. The monoisotopic (exact) mass is 242 g/mol. The van der Waals surface area contributed by atoms with E-state index in [1.165, 1.54) is 0 Å². The predicted octanol–water partition coefficient (Wildman–Crippen LogP) is 1.26. The second-order valence-electron chi connectivity index (χ2n) is 3.46. The molecule has 1 fully saturated rings. The van der Waals surface area contributed by atoms with Gasteiger partial charge in [0, 0.05) is 6.20 Å². The molecule has 2 rings (SSSR count). The number of rotatable bonds is 2. The van der Waals surface area contributed by atoms with Crippen molar-refractivity contribution >= 4 is 30.4 Å². The van der Waals surface area contributed by atoms with Gasteiger partial charge in [-0.1, -0.05) is 19.4 Å². The minimum atomic E-state index is 0.384. The Labute approximate surface area is 99.2 Å². The van der Waals surface area contributed by atoms with E-state index in [2.05, 4.69) is 34.0 Å². The zero-order chi connectivity index (χ0) is 10.8. The molecule has 2 aliphatic heterocycles. The summed E-state index contributed by atoms with van der Waals surface area (Å²) < 4.78 is 2.97. The third-order valence-electron chi connectivity index (χ3n) is 2.41. The third-order valence-corrected chi connectivity index (χ3v) is 4.36. The summed E-state index contributed by atoms with van der Waals surface area (Å²) in [7, 11) is 0. The van der Waals surface area contributed by atoms with Gasteiger partial charge in [0.05, 0.1) is 10.7 Å². The molecule has 1 saturated heterocycles. The number of nitrogens with two attached hydrogens (primary N) is 1. The molecule has 2 heterocycles. The number of aliphatic imine (C=N–C) groups is 1. The Balaban J connectivity index is 2.02. The summed E-state index contributed by atoms with van der Waals surface area (Å²) in [5, 5.41) is 0.790. The lowest BCUT2D eigenvalue weighted by Gasteiger charge is -2.28. The minimum Gasteiger partial charge on any atom is -0.384 e. The first-order valence-corrected chi connectivity index (χ1v) is 6.14. The van der Waals surface area contributed by atoms with Crippen LogP contribution in [0.1, 0.15) is 12.8 Å². The minimum absolute atomic E-state index is 0.384. The first kappa shape index (κ1) is 10.9. The molecule has 0 aromatic carbocycles. The van der Waals surface area contributed by atoms with Crippen molar-refractivity contribution in [2.45, 2.75) is 23.6 Å². The topological polar surface area (TPSA) is 53.6 Å². The van der Waals surface area contributed by atoms with Crippen molar-refractivity contribution in [3.8, 4) is 0 Å². The molecule has 0 saturated carbocycles. The molecular formula is C9H14N4S2. The van der Waals surface area contributed by atoms with Crippen molar-refractivity contribution in [1.29, 1.82) is 0 Å². The molecule has 82 valence electrons. The largest absolute Gasteiger partial charge is 0.384 e. The van der Waals surface area contributed by atoms with Crippen LogP contribution in [0.5, 0.6) is 0 Å². The van der Waals surface area contributed by atoms with Crippen LogP contribution in [0, 0.1) is 0 Å². The summed E-state index contributed by atoms with van der Waals surface area (Å²) in [5.74, 6) is 1.23. The van der Waals surface area contributed by atoms with Gasteiger partial charge in [-0.2, -0.15) is 0 Å². The van der Waals surface area contributed by atoms with E-state index in [4.69, 9.17) is 5.73 Å². The van der Waals surface area contributed by atoms with Gasteiger partial charge in [-0.3, -0.25) is 4.72 Å². The highest BCUT2D eigenvalue weighted by Crippen LogP contribution is 2.36. The predicted molar refractivity (Wildman–Crippen MR) is 68.3 cm³/mol. The lowest BCUT2D eigenvalue weighted by molar-refractivity contribution is 0.418. The van der Waals surface area contributed by atoms with Crippen molar-refractivity contribution in [3.05, 3.63) is 24.7 Å². The number of thioether (sulfide) groups is 1. The summed E-state index contributed by atoms with van der Waals surface area (Å²) in [4.78, 5) is 6.21. The molecule has 2 aliphatic rings. The van der Waals surface area contributed by atoms with Crippen molar-refractivity contribution in [2.24, 2.45) is 10.7 Å². The maximum Gasteiger partial charge on any atom is 0.128 e. The van der Waals surface area contributed by atoms with Crippen LogP contribution in [0.3, 0.4) is 0 Å². The summed E-state index contributed by atoms with van der Waals surface area (Å²) in [6.07, 6.45) is 5.96. The molecule has 0 aromatic heterocycles. The van der Waals surface area contributed by atoms with Gasteiger partial charge in [0.1, 0.15) is 11.7 Å². The second kappa shape index (κ2) is 4.51. The van der Waals surface area contributed by atoms with E-state index in [9.17, 15) is 0 Å². The Morgan fingerprint density at radius 1 is 1.67 bits per heavy atom. The molecule has 4 nitrogen and oxygen atoms in total. The molecule has 0 radical (unpaired) electrons. The van der Waals surface area contributed by atoms with Gasteiger partial charge in [-0.25, -0.2) is 4.99 Å². The van der Waals surface area contributed by atoms with E-state index in [1.54, 1.807) is 6.08 Å². The number of thiol groups is 1. The van der Waals surface area contributed by atoms with E-state index >= 15 is 0 Å². The SMILES string of the molecule is C=C1N=C(N)C=CN1C1CCC(NS)S1. The van der Waals surface area contributed by atoms with E-state index in [1.807, 2.05) is 18.0 Å². The molecule has 0 spiro atoms. The molecule has 0 bridgehead atoms. The Kier molecular flexibility index (Phi) is 3.28. The van der Waals surface area contributed by atoms with E-state index in [0.717, 1.165) is 12.8 Å². The van der Waals surface area contributed by atoms with Crippen LogP contribution in [0.15, 0.2) is 29.7 Å². The molecule has 0 aromatic rings. The highest BCUT2D eigenvalue weighted by atomic mass is 32.2. The van der Waals surface area contributed by atoms with Gasteiger partial charge in [-0.05, 0) is 18.9 Å². The van der Waals surface area contributed by atoms with Crippen LogP contribution in [-0.2, 0) is 0 Å². The van der Waals surface area contributed by atoms with Gasteiger partial charge in [0.15, 0.2) is 0 Å². The average molecular weight is 242 g/mol. The summed E-state index contributed by atoms with van der Waals surface area (Å²) in [6, 6.07) is 0. The zero-order valence-electron chi connectivity index (χ0n) is 8.26. The van der Waals surface area contributed by atoms with Gasteiger partial charge in [0.2, 0.25) is 0 Å². The highest BCUT2D eigenvalue weighted by Gasteiger charge is 2.29. The van der Waals surface area contributed by atoms with E-state index in [0.29, 0.717) is 22.4 Å². The average Bonchev–Trinajstić information content (AvgIpc) is 2.66. The smallest absolute Gasteiger partial charge is 0.128 e. The van der Waals surface area contributed by atoms with Crippen LogP contribution < -0.4 is 10.5 Å². The molecule has 3 N–H and O–H groups in total. The first-order chi connectivity index (χ1) is 7.20. The lowest BCUT2D eigenvalue weighted by Crippen LogP contribution is -2.29. The van der Waals surface area contributed by atoms with Crippen LogP contribution in [0.2, 0.25) is 0 Å². The van der Waals surface area contributed by atoms with Gasteiger partial charge >= 0.3 is 0 Å². The fourth-order valence-corrected chi connectivity index (χ4v) is 3.29. The van der Waals surface area contributed by atoms with Crippen molar-refractivity contribution in [3.63, 3.8) is 0 Å². The Morgan fingerprint density at radius 2 is 2.47 bits per heavy atom. The van der Waals surface area contributed by atoms with Crippen LogP contribution in [-0.4, -0.2) is 21.5 Å². The van der Waals surface area contributed by atoms with Gasteiger partial charge < -0.3 is 10.6 Å². The highest BCUT2D eigenvalue weighted by molar-refractivity contribution is 8.01. The quantitative estimate of drug-likeness (QED) is 0.638. The number of hydrogen-bond donors (Lipinski definition) is 3. The first-order valence-electron chi connectivity index (χ1n) is 4.75. The number of amidine groups is 1. The fraction of sp³-hybridized carbons (Fsp3) is 0.444. The van der Waals surface area contributed by atoms with E-state index in [-0.39, 0.29) is 0 Å². The Bertz CT molecular complexity index is 326. The molecular weight excluding hydrogens is 228 g/mol. The number of hydrogen-bond acceptors (Lipinski definition) is 6. The maximum absolute atomic E-state index is 5.58. The van der Waals surface area contributed by atoms with Crippen LogP contribution in [0.25, 0.3) is 0 Å². The van der Waals surface area contributed by atoms with Crippen molar-refractivity contribution < 1.29 is 0 Å². The van der Waals surface area contributed by atoms with E-state index < -0.39 is 0 Å². The van der Waals surface area contributed by atoms with Gasteiger partial charge in [0.25, 0.3) is 0 Å². The molecule has 6 heteroatoms. The van der Waals surface area contributed by atoms with Crippen LogP contribution >= 0.6 is 24.6 Å². The number of nitrogens with one attached hydrogen (secondary N) is 1. The molecule has 15 heavy (non-hydrogen) atoms. The Hall–Kier alpha value is -0.590. The lowest BCUT2D eigenvalue weighted by atomic mass is 10.3. The molecule has 2 atom stereocenters. The van der Waals surface area contributed by atoms with Crippen molar-refractivity contribution in [2.75, 3.05) is 0 Å².